The fourth-order valence-electron chi connectivity index (χ4n) is 4.21. The van der Waals surface area contributed by atoms with E-state index in [9.17, 15) is 9.59 Å². The zero-order valence-electron chi connectivity index (χ0n) is 19.2. The van der Waals surface area contributed by atoms with Gasteiger partial charge in [0.15, 0.2) is 0 Å². The summed E-state index contributed by atoms with van der Waals surface area (Å²) in [4.78, 5) is 34.3. The Morgan fingerprint density at radius 2 is 1.84 bits per heavy atom. The van der Waals surface area contributed by atoms with Crippen molar-refractivity contribution in [2.24, 2.45) is 4.99 Å². The van der Waals surface area contributed by atoms with E-state index >= 15 is 0 Å². The number of carbonyl (C=O) groups is 2. The fraction of sp³-hybridized carbons (Fsp3) is 0.435. The lowest BCUT2D eigenvalue weighted by Gasteiger charge is -2.34. The Morgan fingerprint density at radius 1 is 1.13 bits per heavy atom. The van der Waals surface area contributed by atoms with E-state index in [4.69, 9.17) is 4.99 Å². The zero-order chi connectivity index (χ0) is 22.6. The number of amidine groups is 1. The molecule has 0 radical (unpaired) electrons. The first-order chi connectivity index (χ1) is 14.6. The Labute approximate surface area is 182 Å². The van der Waals surface area contributed by atoms with E-state index in [2.05, 4.69) is 5.10 Å². The number of nitrogens with zero attached hydrogens (tertiary/aromatic N) is 6. The van der Waals surface area contributed by atoms with Crippen molar-refractivity contribution in [1.29, 1.82) is 0 Å². The maximum atomic E-state index is 13.6. The number of fused-ring (bicyclic) bond motifs is 1. The predicted octanol–water partition coefficient (Wildman–Crippen LogP) is 2.62. The Bertz CT molecular complexity index is 1160. The monoisotopic (exact) mass is 421 g/mol. The molecule has 3 heterocycles. The van der Waals surface area contributed by atoms with Crippen LogP contribution in [-0.2, 0) is 11.3 Å². The molecule has 0 aliphatic carbocycles. The van der Waals surface area contributed by atoms with E-state index in [-0.39, 0.29) is 24.5 Å². The molecule has 8 heteroatoms. The van der Waals surface area contributed by atoms with Crippen molar-refractivity contribution < 1.29 is 14.2 Å². The summed E-state index contributed by atoms with van der Waals surface area (Å²) in [5, 5.41) is 4.65. The van der Waals surface area contributed by atoms with Crippen molar-refractivity contribution in [3.8, 4) is 0 Å². The van der Waals surface area contributed by atoms with Crippen LogP contribution in [0.1, 0.15) is 41.9 Å². The lowest BCUT2D eigenvalue weighted by atomic mass is 10.1. The van der Waals surface area contributed by atoms with E-state index in [0.29, 0.717) is 11.8 Å². The number of rotatable bonds is 3. The van der Waals surface area contributed by atoms with Gasteiger partial charge in [0.25, 0.3) is 5.91 Å². The summed E-state index contributed by atoms with van der Waals surface area (Å²) >= 11 is 0. The minimum atomic E-state index is -0.660. The first-order valence-electron chi connectivity index (χ1n) is 10.5. The van der Waals surface area contributed by atoms with Crippen molar-refractivity contribution >= 4 is 23.7 Å². The highest BCUT2D eigenvalue weighted by Gasteiger charge is 2.53. The molecular weight excluding hydrogens is 392 g/mol. The van der Waals surface area contributed by atoms with Gasteiger partial charge in [0.2, 0.25) is 11.9 Å². The van der Waals surface area contributed by atoms with Gasteiger partial charge in [0.05, 0.1) is 18.3 Å². The third kappa shape index (κ3) is 3.26. The highest BCUT2D eigenvalue weighted by molar-refractivity contribution is 6.23. The SMILES string of the molecule is Cc1cccc(CN2C(=O)C3C(=NC(n4nc(C)c(C)c4C)=[N+]3C(C)C)N(C)C2=O)c1. The van der Waals surface area contributed by atoms with Crippen LogP contribution in [0.3, 0.4) is 0 Å². The molecule has 0 saturated carbocycles. The lowest BCUT2D eigenvalue weighted by molar-refractivity contribution is -0.567. The van der Waals surface area contributed by atoms with E-state index < -0.39 is 6.04 Å². The molecule has 0 N–H and O–H groups in total. The highest BCUT2D eigenvalue weighted by atomic mass is 16.2. The summed E-state index contributed by atoms with van der Waals surface area (Å²) in [7, 11) is 1.68. The van der Waals surface area contributed by atoms with Gasteiger partial charge < -0.3 is 0 Å². The normalized spacial score (nSPS) is 19.0. The van der Waals surface area contributed by atoms with Crippen LogP contribution in [0.15, 0.2) is 29.3 Å². The Hall–Kier alpha value is -3.29. The summed E-state index contributed by atoms with van der Waals surface area (Å²) in [5.74, 6) is 0.767. The Balaban J connectivity index is 1.80. The van der Waals surface area contributed by atoms with E-state index in [1.165, 1.54) is 9.80 Å². The summed E-state index contributed by atoms with van der Waals surface area (Å²) in [5.41, 5.74) is 4.98. The molecule has 1 aromatic heterocycles. The average Bonchev–Trinajstić information content (AvgIpc) is 3.23. The van der Waals surface area contributed by atoms with Gasteiger partial charge in [-0.25, -0.2) is 9.37 Å². The standard InChI is InChI=1S/C23H29N6O2/c1-13(2)28-19-20(24-22(28)29-17(6)15(4)16(5)25-29)26(7)23(31)27(21(19)30)12-18-10-8-9-14(3)11-18/h8-11,13,19H,12H2,1-7H3/q+1. The number of benzene rings is 1. The fourth-order valence-corrected chi connectivity index (χ4v) is 4.21. The van der Waals surface area contributed by atoms with Crippen LogP contribution in [-0.4, -0.2) is 67.0 Å². The second-order valence-corrected chi connectivity index (χ2v) is 8.64. The molecule has 31 heavy (non-hydrogen) atoms. The van der Waals surface area contributed by atoms with Crippen LogP contribution in [0.2, 0.25) is 0 Å². The molecule has 1 aromatic carbocycles. The van der Waals surface area contributed by atoms with E-state index in [0.717, 1.165) is 28.1 Å². The number of hydrogen-bond acceptors (Lipinski definition) is 4. The van der Waals surface area contributed by atoms with Gasteiger partial charge in [0.1, 0.15) is 5.69 Å². The smallest absolute Gasteiger partial charge is 0.270 e. The number of hydrogen-bond donors (Lipinski definition) is 0. The lowest BCUT2D eigenvalue weighted by Crippen LogP contribution is -2.63. The number of imide groups is 1. The van der Waals surface area contributed by atoms with Gasteiger partial charge in [-0.2, -0.15) is 0 Å². The van der Waals surface area contributed by atoms with Gasteiger partial charge >= 0.3 is 12.0 Å². The van der Waals surface area contributed by atoms with Crippen molar-refractivity contribution in [2.45, 2.75) is 60.2 Å². The third-order valence-corrected chi connectivity index (χ3v) is 6.15. The molecule has 162 valence electrons. The molecule has 1 atom stereocenters. The van der Waals surface area contributed by atoms with Gasteiger partial charge in [-0.05, 0) is 47.1 Å². The Morgan fingerprint density at radius 3 is 2.42 bits per heavy atom. The van der Waals surface area contributed by atoms with Crippen LogP contribution in [0.5, 0.6) is 0 Å². The van der Waals surface area contributed by atoms with Crippen LogP contribution in [0.4, 0.5) is 4.79 Å². The molecule has 2 aromatic rings. The molecule has 1 saturated heterocycles. The molecule has 0 bridgehead atoms. The number of carbonyl (C=O) groups excluding carboxylic acids is 2. The maximum Gasteiger partial charge on any atom is 0.421 e. The van der Waals surface area contributed by atoms with Crippen molar-refractivity contribution in [2.75, 3.05) is 7.05 Å². The van der Waals surface area contributed by atoms with Gasteiger partial charge in [0, 0.05) is 12.6 Å². The maximum absolute atomic E-state index is 13.6. The first-order valence-corrected chi connectivity index (χ1v) is 10.5. The Kier molecular flexibility index (Phi) is 5.03. The molecule has 0 spiro atoms. The largest absolute Gasteiger partial charge is 0.421 e. The van der Waals surface area contributed by atoms with E-state index in [1.807, 2.05) is 70.4 Å². The second-order valence-electron chi connectivity index (χ2n) is 8.64. The van der Waals surface area contributed by atoms with Crippen LogP contribution >= 0.6 is 0 Å². The highest BCUT2D eigenvalue weighted by Crippen LogP contribution is 2.24. The number of aliphatic imine (C=N–C) groups is 1. The van der Waals surface area contributed by atoms with Crippen molar-refractivity contribution in [3.63, 3.8) is 0 Å². The molecule has 2 aliphatic rings. The predicted molar refractivity (Wildman–Crippen MR) is 118 cm³/mol. The molecular formula is C23H29N6O2+. The first kappa shape index (κ1) is 21.0. The number of amides is 3. The second kappa shape index (κ2) is 7.44. The average molecular weight is 422 g/mol. The quantitative estimate of drug-likeness (QED) is 0.715. The van der Waals surface area contributed by atoms with E-state index in [1.54, 1.807) is 11.7 Å². The minimum Gasteiger partial charge on any atom is -0.270 e. The van der Waals surface area contributed by atoms with Gasteiger partial charge in [-0.15, -0.1) is 9.78 Å². The van der Waals surface area contributed by atoms with Gasteiger partial charge in [-0.3, -0.25) is 14.6 Å². The van der Waals surface area contributed by atoms with Crippen LogP contribution < -0.4 is 0 Å². The molecule has 1 fully saturated rings. The zero-order valence-corrected chi connectivity index (χ0v) is 19.2. The molecule has 2 aliphatic heterocycles. The summed E-state index contributed by atoms with van der Waals surface area (Å²) in [6.07, 6.45) is 0. The molecule has 4 rings (SSSR count). The number of likely N-dealkylation sites (N-methyl/N-ethyl adjacent to an activating group) is 1. The summed E-state index contributed by atoms with van der Waals surface area (Å²) in [6.45, 7) is 12.2. The van der Waals surface area contributed by atoms with Crippen LogP contribution in [0, 0.1) is 27.7 Å². The molecule has 1 unspecified atom stereocenters. The number of aryl methyl sites for hydroxylation is 2. The molecule has 8 nitrogen and oxygen atoms in total. The summed E-state index contributed by atoms with van der Waals surface area (Å²) < 4.78 is 3.75. The molecule has 3 amide bonds. The van der Waals surface area contributed by atoms with Crippen LogP contribution in [0.25, 0.3) is 0 Å². The topological polar surface area (TPSA) is 73.8 Å². The summed E-state index contributed by atoms with van der Waals surface area (Å²) in [6, 6.07) is 6.82. The number of urea groups is 1. The third-order valence-electron chi connectivity index (χ3n) is 6.15. The van der Waals surface area contributed by atoms with Gasteiger partial charge in [-0.1, -0.05) is 34.8 Å². The minimum absolute atomic E-state index is 0.0168. The number of aromatic nitrogens is 2. The van der Waals surface area contributed by atoms with Crippen molar-refractivity contribution in [3.05, 3.63) is 52.3 Å². The van der Waals surface area contributed by atoms with Crippen molar-refractivity contribution in [1.82, 2.24) is 19.6 Å².